The number of carbonyl (C=O) groups excluding carboxylic acids is 2. The van der Waals surface area contributed by atoms with Crippen molar-refractivity contribution >= 4 is 34.0 Å². The van der Waals surface area contributed by atoms with E-state index in [0.717, 1.165) is 5.56 Å². The number of nitrogens with zero attached hydrogens (tertiary/aromatic N) is 2. The van der Waals surface area contributed by atoms with Crippen molar-refractivity contribution in [3.05, 3.63) is 46.6 Å². The average Bonchev–Trinajstić information content (AvgIpc) is 3.36. The van der Waals surface area contributed by atoms with Gasteiger partial charge in [-0.15, -0.1) is 0 Å². The third kappa shape index (κ3) is 5.26. The Morgan fingerprint density at radius 1 is 1.33 bits per heavy atom. The molecule has 0 fully saturated rings. The molecule has 0 radical (unpaired) electrons. The van der Waals surface area contributed by atoms with E-state index in [-0.39, 0.29) is 43.4 Å². The molecule has 1 aliphatic rings. The van der Waals surface area contributed by atoms with E-state index >= 15 is 0 Å². The van der Waals surface area contributed by atoms with Gasteiger partial charge in [-0.05, 0) is 31.6 Å². The molecule has 2 aromatic rings. The van der Waals surface area contributed by atoms with E-state index in [1.807, 2.05) is 13.0 Å². The Balaban J connectivity index is 1.55. The van der Waals surface area contributed by atoms with Gasteiger partial charge in [0.05, 0.1) is 18.5 Å². The zero-order valence-electron chi connectivity index (χ0n) is 16.6. The number of aliphatic hydroxyl groups is 1. The number of phenolic OH excluding ortho intramolecular Hbond substituents is 1. The number of thiazole rings is 1. The zero-order valence-corrected chi connectivity index (χ0v) is 17.4. The van der Waals surface area contributed by atoms with Crippen molar-refractivity contribution in [2.45, 2.75) is 20.0 Å². The lowest BCUT2D eigenvalue weighted by Gasteiger charge is -2.19. The number of amides is 2. The number of aromatic nitrogens is 1. The molecule has 6 N–H and O–H groups in total. The fourth-order valence-electron chi connectivity index (χ4n) is 2.82. The SMILES string of the molecule is Cc1ccc(O)c(C)c1NC(=O)c1cnc(NC2C=CN(CC(=O)NCCO)N2)s1. The fraction of sp³-hybridized carbons (Fsp3) is 0.316. The minimum atomic E-state index is -0.311. The summed E-state index contributed by atoms with van der Waals surface area (Å²) in [5.41, 5.74) is 5.11. The van der Waals surface area contributed by atoms with Crippen LogP contribution < -0.4 is 21.4 Å². The molecule has 10 nitrogen and oxygen atoms in total. The van der Waals surface area contributed by atoms with Gasteiger partial charge in [0.25, 0.3) is 5.91 Å². The van der Waals surface area contributed by atoms with Crippen LogP contribution in [0.15, 0.2) is 30.6 Å². The van der Waals surface area contributed by atoms with Gasteiger partial charge < -0.3 is 31.2 Å². The molecular formula is C19H24N6O4S. The summed E-state index contributed by atoms with van der Waals surface area (Å²) in [6.07, 6.45) is 4.74. The van der Waals surface area contributed by atoms with Crippen LogP contribution in [0.3, 0.4) is 0 Å². The molecule has 0 bridgehead atoms. The number of carbonyl (C=O) groups is 2. The number of nitrogens with one attached hydrogen (secondary N) is 4. The highest BCUT2D eigenvalue weighted by atomic mass is 32.1. The van der Waals surface area contributed by atoms with Gasteiger partial charge in [-0.3, -0.25) is 9.59 Å². The second-order valence-electron chi connectivity index (χ2n) is 6.68. The molecule has 160 valence electrons. The summed E-state index contributed by atoms with van der Waals surface area (Å²) in [6.45, 7) is 3.80. The maximum absolute atomic E-state index is 12.6. The van der Waals surface area contributed by atoms with Gasteiger partial charge in [0.2, 0.25) is 5.91 Å². The molecule has 1 aromatic heterocycles. The summed E-state index contributed by atoms with van der Waals surface area (Å²) in [4.78, 5) is 28.9. The summed E-state index contributed by atoms with van der Waals surface area (Å²) in [5.74, 6) is -0.404. The second kappa shape index (κ2) is 9.57. The van der Waals surface area contributed by atoms with Crippen molar-refractivity contribution < 1.29 is 19.8 Å². The van der Waals surface area contributed by atoms with Gasteiger partial charge in [-0.2, -0.15) is 0 Å². The van der Waals surface area contributed by atoms with E-state index in [4.69, 9.17) is 5.11 Å². The summed E-state index contributed by atoms with van der Waals surface area (Å²) in [7, 11) is 0. The van der Waals surface area contributed by atoms with Gasteiger partial charge in [0.1, 0.15) is 23.3 Å². The summed E-state index contributed by atoms with van der Waals surface area (Å²) < 4.78 is 0. The number of anilines is 2. The Bertz CT molecular complexity index is 960. The van der Waals surface area contributed by atoms with Crippen molar-refractivity contribution in [2.24, 2.45) is 0 Å². The van der Waals surface area contributed by atoms with Crippen LogP contribution in [0.25, 0.3) is 0 Å². The molecule has 3 rings (SSSR count). The number of hydrogen-bond donors (Lipinski definition) is 6. The van der Waals surface area contributed by atoms with Crippen LogP contribution in [-0.4, -0.2) is 57.9 Å². The topological polar surface area (TPSA) is 139 Å². The highest BCUT2D eigenvalue weighted by Crippen LogP contribution is 2.29. The Hall–Kier alpha value is -3.15. The number of aliphatic hydroxyl groups excluding tert-OH is 1. The molecule has 30 heavy (non-hydrogen) atoms. The first-order valence-electron chi connectivity index (χ1n) is 9.29. The first-order chi connectivity index (χ1) is 14.4. The standard InChI is InChI=1S/C19H24N6O4S/c1-11-3-4-13(27)12(2)17(11)23-18(29)14-9-21-19(30-14)22-15-5-7-25(24-15)10-16(28)20-6-8-26/h3-5,7,9,15,24,26-27H,6,8,10H2,1-2H3,(H,20,28)(H,21,22)(H,23,29). The van der Waals surface area contributed by atoms with Crippen molar-refractivity contribution in [1.82, 2.24) is 20.7 Å². The predicted molar refractivity (Wildman–Crippen MR) is 114 cm³/mol. The number of aromatic hydroxyl groups is 1. The summed E-state index contributed by atoms with van der Waals surface area (Å²) in [6, 6.07) is 3.34. The maximum atomic E-state index is 12.6. The van der Waals surface area contributed by atoms with E-state index in [1.54, 1.807) is 30.3 Å². The number of benzene rings is 1. The van der Waals surface area contributed by atoms with E-state index in [9.17, 15) is 14.7 Å². The summed E-state index contributed by atoms with van der Waals surface area (Å²) in [5, 5.41) is 29.3. The monoisotopic (exact) mass is 432 g/mol. The van der Waals surface area contributed by atoms with Crippen LogP contribution in [-0.2, 0) is 4.79 Å². The van der Waals surface area contributed by atoms with E-state index in [1.165, 1.54) is 17.5 Å². The van der Waals surface area contributed by atoms with Crippen molar-refractivity contribution in [1.29, 1.82) is 0 Å². The quantitative estimate of drug-likeness (QED) is 0.362. The second-order valence-corrected chi connectivity index (χ2v) is 7.71. The normalized spacial score (nSPS) is 15.3. The van der Waals surface area contributed by atoms with Gasteiger partial charge in [0, 0.05) is 18.3 Å². The zero-order chi connectivity index (χ0) is 21.7. The van der Waals surface area contributed by atoms with Gasteiger partial charge in [-0.1, -0.05) is 17.4 Å². The van der Waals surface area contributed by atoms with Gasteiger partial charge in [0.15, 0.2) is 5.13 Å². The lowest BCUT2D eigenvalue weighted by atomic mass is 10.1. The Morgan fingerprint density at radius 2 is 2.13 bits per heavy atom. The highest BCUT2D eigenvalue weighted by molar-refractivity contribution is 7.17. The van der Waals surface area contributed by atoms with Crippen LogP contribution in [0.5, 0.6) is 5.75 Å². The number of hydrazine groups is 1. The van der Waals surface area contributed by atoms with E-state index < -0.39 is 0 Å². The third-order valence-electron chi connectivity index (χ3n) is 4.40. The molecule has 11 heteroatoms. The molecular weight excluding hydrogens is 408 g/mol. The minimum Gasteiger partial charge on any atom is -0.508 e. The Morgan fingerprint density at radius 3 is 2.90 bits per heavy atom. The first-order valence-corrected chi connectivity index (χ1v) is 10.1. The van der Waals surface area contributed by atoms with Crippen molar-refractivity contribution in [3.8, 4) is 5.75 Å². The third-order valence-corrected chi connectivity index (χ3v) is 5.33. The number of phenols is 1. The minimum absolute atomic E-state index is 0.100. The van der Waals surface area contributed by atoms with Crippen LogP contribution in [0.4, 0.5) is 10.8 Å². The molecule has 0 saturated heterocycles. The first kappa shape index (κ1) is 21.6. The maximum Gasteiger partial charge on any atom is 0.267 e. The predicted octanol–water partition coefficient (Wildman–Crippen LogP) is 0.898. The van der Waals surface area contributed by atoms with Crippen LogP contribution in [0, 0.1) is 13.8 Å². The molecule has 1 aliphatic heterocycles. The lowest BCUT2D eigenvalue weighted by molar-refractivity contribution is -0.122. The number of aryl methyl sites for hydroxylation is 1. The van der Waals surface area contributed by atoms with Crippen molar-refractivity contribution in [3.63, 3.8) is 0 Å². The fourth-order valence-corrected chi connectivity index (χ4v) is 3.57. The van der Waals surface area contributed by atoms with Gasteiger partial charge >= 0.3 is 0 Å². The Labute approximate surface area is 177 Å². The smallest absolute Gasteiger partial charge is 0.267 e. The molecule has 0 saturated carbocycles. The molecule has 1 atom stereocenters. The molecule has 1 aromatic carbocycles. The van der Waals surface area contributed by atoms with Crippen LogP contribution in [0.1, 0.15) is 20.8 Å². The molecule has 1 unspecified atom stereocenters. The molecule has 0 spiro atoms. The highest BCUT2D eigenvalue weighted by Gasteiger charge is 2.19. The lowest BCUT2D eigenvalue weighted by Crippen LogP contribution is -2.44. The Kier molecular flexibility index (Phi) is 6.87. The number of rotatable bonds is 8. The van der Waals surface area contributed by atoms with Crippen LogP contribution in [0.2, 0.25) is 0 Å². The van der Waals surface area contributed by atoms with Crippen LogP contribution >= 0.6 is 11.3 Å². The largest absolute Gasteiger partial charge is 0.508 e. The van der Waals surface area contributed by atoms with E-state index in [2.05, 4.69) is 26.4 Å². The molecule has 0 aliphatic carbocycles. The molecule has 2 amide bonds. The number of hydrogen-bond acceptors (Lipinski definition) is 9. The summed E-state index contributed by atoms with van der Waals surface area (Å²) >= 11 is 1.19. The van der Waals surface area contributed by atoms with Crippen molar-refractivity contribution in [2.75, 3.05) is 30.3 Å². The van der Waals surface area contributed by atoms with Gasteiger partial charge in [-0.25, -0.2) is 10.4 Å². The molecule has 2 heterocycles. The van der Waals surface area contributed by atoms with E-state index in [0.29, 0.717) is 21.3 Å². The average molecular weight is 433 g/mol.